The number of carbonyl (C=O) groups excluding carboxylic acids is 1. The second kappa shape index (κ2) is 8.65. The Hall–Kier alpha value is -0.580. The molecule has 1 aliphatic rings. The van der Waals surface area contributed by atoms with E-state index in [1.165, 1.54) is 6.42 Å². The number of halogens is 1. The van der Waals surface area contributed by atoms with E-state index < -0.39 is 0 Å². The van der Waals surface area contributed by atoms with E-state index >= 15 is 0 Å². The lowest BCUT2D eigenvalue weighted by atomic mass is 9.92. The third-order valence-corrected chi connectivity index (χ3v) is 4.84. The fourth-order valence-corrected chi connectivity index (χ4v) is 3.48. The van der Waals surface area contributed by atoms with Crippen LogP contribution in [0.25, 0.3) is 0 Å². The second-order valence-corrected chi connectivity index (χ2v) is 6.22. The van der Waals surface area contributed by atoms with Gasteiger partial charge in [-0.3, -0.25) is 4.79 Å². The number of amides is 1. The van der Waals surface area contributed by atoms with Gasteiger partial charge in [0, 0.05) is 13.1 Å². The summed E-state index contributed by atoms with van der Waals surface area (Å²) in [5.41, 5.74) is 1.16. The maximum atomic E-state index is 12.4. The molecule has 1 unspecified atom stereocenters. The zero-order chi connectivity index (χ0) is 13.7. The summed E-state index contributed by atoms with van der Waals surface area (Å²) in [5, 5.41) is 7.34. The van der Waals surface area contributed by atoms with Gasteiger partial charge < -0.3 is 10.2 Å². The summed E-state index contributed by atoms with van der Waals surface area (Å²) in [6, 6.07) is 2.06. The summed E-state index contributed by atoms with van der Waals surface area (Å²) in [4.78, 5) is 14.5. The highest BCUT2D eigenvalue weighted by Crippen LogP contribution is 2.25. The molecule has 5 heteroatoms. The molecule has 1 amide bonds. The predicted octanol–water partition coefficient (Wildman–Crippen LogP) is 3.12. The highest BCUT2D eigenvalue weighted by Gasteiger charge is 2.26. The average Bonchev–Trinajstić information content (AvgIpc) is 2.98. The Morgan fingerprint density at radius 1 is 1.50 bits per heavy atom. The summed E-state index contributed by atoms with van der Waals surface area (Å²) in [6.45, 7) is 4.98. The Morgan fingerprint density at radius 3 is 2.75 bits per heavy atom. The first-order chi connectivity index (χ1) is 9.22. The van der Waals surface area contributed by atoms with Crippen LogP contribution in [-0.4, -0.2) is 37.5 Å². The normalized spacial score (nSPS) is 17.6. The third-order valence-electron chi connectivity index (χ3n) is 4.14. The highest BCUT2D eigenvalue weighted by molar-refractivity contribution is 7.08. The molecule has 1 fully saturated rings. The summed E-state index contributed by atoms with van der Waals surface area (Å²) >= 11 is 1.66. The van der Waals surface area contributed by atoms with Crippen LogP contribution in [0.3, 0.4) is 0 Å². The fourth-order valence-electron chi connectivity index (χ4n) is 2.73. The molecular weight excluding hydrogens is 292 g/mol. The number of rotatable bonds is 5. The van der Waals surface area contributed by atoms with Crippen LogP contribution in [0.5, 0.6) is 0 Å². The van der Waals surface area contributed by atoms with Crippen molar-refractivity contribution in [1.29, 1.82) is 0 Å². The van der Waals surface area contributed by atoms with Crippen molar-refractivity contribution in [3.8, 4) is 0 Å². The Morgan fingerprint density at radius 2 is 2.20 bits per heavy atom. The van der Waals surface area contributed by atoms with Gasteiger partial charge in [0.2, 0.25) is 5.91 Å². The van der Waals surface area contributed by atoms with Gasteiger partial charge in [-0.05, 0) is 68.1 Å². The maximum Gasteiger partial charge on any atom is 0.229 e. The molecule has 1 N–H and O–H groups in total. The van der Waals surface area contributed by atoms with E-state index in [9.17, 15) is 4.79 Å². The molecule has 20 heavy (non-hydrogen) atoms. The van der Waals surface area contributed by atoms with E-state index in [0.717, 1.165) is 44.0 Å². The van der Waals surface area contributed by atoms with Crippen LogP contribution in [0, 0.1) is 5.92 Å². The number of thiophene rings is 1. The van der Waals surface area contributed by atoms with Crippen LogP contribution in [0.2, 0.25) is 0 Å². The lowest BCUT2D eigenvalue weighted by molar-refractivity contribution is -0.133. The molecule has 1 saturated heterocycles. The first-order valence-electron chi connectivity index (χ1n) is 7.18. The Labute approximate surface area is 132 Å². The molecule has 2 heterocycles. The van der Waals surface area contributed by atoms with Crippen LogP contribution < -0.4 is 5.32 Å². The van der Waals surface area contributed by atoms with E-state index in [0.29, 0.717) is 5.91 Å². The van der Waals surface area contributed by atoms with E-state index in [2.05, 4.69) is 21.7 Å². The molecule has 0 spiro atoms. The van der Waals surface area contributed by atoms with E-state index in [1.54, 1.807) is 11.3 Å². The number of hydrogen-bond donors (Lipinski definition) is 1. The van der Waals surface area contributed by atoms with Crippen molar-refractivity contribution < 1.29 is 4.79 Å². The van der Waals surface area contributed by atoms with Gasteiger partial charge in [-0.2, -0.15) is 11.3 Å². The smallest absolute Gasteiger partial charge is 0.229 e. The first kappa shape index (κ1) is 17.5. The largest absolute Gasteiger partial charge is 0.342 e. The minimum atomic E-state index is 0. The molecule has 0 aliphatic carbocycles. The molecule has 2 rings (SSSR count). The van der Waals surface area contributed by atoms with Gasteiger partial charge in [0.25, 0.3) is 0 Å². The molecule has 0 bridgehead atoms. The molecule has 3 nitrogen and oxygen atoms in total. The van der Waals surface area contributed by atoms with Crippen LogP contribution in [0.15, 0.2) is 16.8 Å². The molecule has 0 saturated carbocycles. The Balaban J connectivity index is 0.00000200. The summed E-state index contributed by atoms with van der Waals surface area (Å²) in [5.74, 6) is 1.10. The van der Waals surface area contributed by atoms with E-state index in [-0.39, 0.29) is 18.3 Å². The highest BCUT2D eigenvalue weighted by atomic mass is 35.5. The quantitative estimate of drug-likeness (QED) is 0.905. The molecule has 1 aromatic rings. The standard InChI is InChI=1S/C15H24N2OS.ClH/c1-12(14-6-10-19-11-14)15(18)17-8-4-13(5-9-17)3-7-16-2;/h6,10-13,16H,3-5,7-9H2,1-2H3;1H. The van der Waals surface area contributed by atoms with Crippen LogP contribution in [0.1, 0.15) is 37.7 Å². The second-order valence-electron chi connectivity index (χ2n) is 5.44. The summed E-state index contributed by atoms with van der Waals surface area (Å²) < 4.78 is 0. The maximum absolute atomic E-state index is 12.4. The molecule has 0 aromatic carbocycles. The Kier molecular flexibility index (Phi) is 7.56. The first-order valence-corrected chi connectivity index (χ1v) is 8.12. The van der Waals surface area contributed by atoms with Gasteiger partial charge >= 0.3 is 0 Å². The molecular formula is C15H25ClN2OS. The van der Waals surface area contributed by atoms with Crippen molar-refractivity contribution in [3.05, 3.63) is 22.4 Å². The molecule has 1 aliphatic heterocycles. The zero-order valence-corrected chi connectivity index (χ0v) is 13.9. The minimum absolute atomic E-state index is 0. The van der Waals surface area contributed by atoms with Gasteiger partial charge in [-0.25, -0.2) is 0 Å². The summed E-state index contributed by atoms with van der Waals surface area (Å²) in [7, 11) is 2.00. The molecule has 114 valence electrons. The topological polar surface area (TPSA) is 32.3 Å². The third kappa shape index (κ3) is 4.47. The monoisotopic (exact) mass is 316 g/mol. The minimum Gasteiger partial charge on any atom is -0.342 e. The van der Waals surface area contributed by atoms with Crippen LogP contribution >= 0.6 is 23.7 Å². The van der Waals surface area contributed by atoms with Crippen molar-refractivity contribution in [2.45, 2.75) is 32.1 Å². The number of nitrogens with zero attached hydrogens (tertiary/aromatic N) is 1. The number of likely N-dealkylation sites (tertiary alicyclic amines) is 1. The van der Waals surface area contributed by atoms with Crippen molar-refractivity contribution in [2.24, 2.45) is 5.92 Å². The van der Waals surface area contributed by atoms with Gasteiger partial charge in [0.15, 0.2) is 0 Å². The van der Waals surface area contributed by atoms with Crippen molar-refractivity contribution >= 4 is 29.7 Å². The zero-order valence-electron chi connectivity index (χ0n) is 12.3. The summed E-state index contributed by atoms with van der Waals surface area (Å²) in [6.07, 6.45) is 3.55. The number of piperidine rings is 1. The average molecular weight is 317 g/mol. The van der Waals surface area contributed by atoms with Gasteiger partial charge in [-0.1, -0.05) is 0 Å². The molecule has 0 radical (unpaired) electrons. The van der Waals surface area contributed by atoms with Crippen molar-refractivity contribution in [1.82, 2.24) is 10.2 Å². The lowest BCUT2D eigenvalue weighted by Gasteiger charge is -2.33. The van der Waals surface area contributed by atoms with Gasteiger partial charge in [0.1, 0.15) is 0 Å². The molecule has 1 atom stereocenters. The van der Waals surface area contributed by atoms with Crippen LogP contribution in [-0.2, 0) is 4.79 Å². The SMILES string of the molecule is CNCCC1CCN(C(=O)C(C)c2ccsc2)CC1.Cl. The number of carbonyl (C=O) groups is 1. The number of nitrogens with one attached hydrogen (secondary N) is 1. The van der Waals surface area contributed by atoms with Gasteiger partial charge in [-0.15, -0.1) is 12.4 Å². The van der Waals surface area contributed by atoms with Crippen LogP contribution in [0.4, 0.5) is 0 Å². The van der Waals surface area contributed by atoms with Gasteiger partial charge in [0.05, 0.1) is 5.92 Å². The number of hydrogen-bond acceptors (Lipinski definition) is 3. The predicted molar refractivity (Wildman–Crippen MR) is 87.8 cm³/mol. The van der Waals surface area contributed by atoms with E-state index in [4.69, 9.17) is 0 Å². The van der Waals surface area contributed by atoms with Crippen molar-refractivity contribution in [3.63, 3.8) is 0 Å². The van der Waals surface area contributed by atoms with Crippen molar-refractivity contribution in [2.75, 3.05) is 26.7 Å². The molecule has 1 aromatic heterocycles. The van der Waals surface area contributed by atoms with E-state index in [1.807, 2.05) is 19.4 Å². The lowest BCUT2D eigenvalue weighted by Crippen LogP contribution is -2.40. The Bertz CT molecular complexity index is 389. The fraction of sp³-hybridized carbons (Fsp3) is 0.667.